The summed E-state index contributed by atoms with van der Waals surface area (Å²) in [6, 6.07) is 12.3. The first-order valence-electron chi connectivity index (χ1n) is 9.80. The van der Waals surface area contributed by atoms with Crippen LogP contribution in [0.1, 0.15) is 28.5 Å². The molecule has 1 aliphatic rings. The van der Waals surface area contributed by atoms with Crippen molar-refractivity contribution >= 4 is 17.2 Å². The molecule has 146 valence electrons. The van der Waals surface area contributed by atoms with E-state index < -0.39 is 0 Å². The average molecular weight is 395 g/mol. The van der Waals surface area contributed by atoms with Crippen molar-refractivity contribution in [2.45, 2.75) is 20.8 Å². The normalized spacial score (nSPS) is 15.2. The van der Waals surface area contributed by atoms with Gasteiger partial charge in [0.05, 0.1) is 10.6 Å². The van der Waals surface area contributed by atoms with Crippen LogP contribution in [0.4, 0.5) is 0 Å². The lowest BCUT2D eigenvalue weighted by molar-refractivity contribution is 0.0634. The van der Waals surface area contributed by atoms with Gasteiger partial charge in [-0.05, 0) is 49.5 Å². The monoisotopic (exact) mass is 394 g/mol. The third-order valence-electron chi connectivity index (χ3n) is 5.39. The van der Waals surface area contributed by atoms with Crippen LogP contribution < -0.4 is 0 Å². The minimum Gasteiger partial charge on any atom is -0.335 e. The topological polar surface area (TPSA) is 41.4 Å². The highest BCUT2D eigenvalue weighted by atomic mass is 32.1. The molecule has 0 atom stereocenters. The van der Waals surface area contributed by atoms with Gasteiger partial charge >= 0.3 is 0 Å². The first kappa shape index (κ1) is 18.9. The lowest BCUT2D eigenvalue weighted by atomic mass is 10.1. The van der Waals surface area contributed by atoms with E-state index in [1.807, 2.05) is 33.2 Å². The van der Waals surface area contributed by atoms with Crippen molar-refractivity contribution in [3.05, 3.63) is 58.6 Å². The van der Waals surface area contributed by atoms with Crippen molar-refractivity contribution in [2.75, 3.05) is 32.7 Å². The number of amides is 1. The molecule has 1 amide bonds. The molecule has 3 heterocycles. The molecule has 1 saturated heterocycles. The quantitative estimate of drug-likeness (QED) is 0.672. The molecule has 1 aliphatic heterocycles. The van der Waals surface area contributed by atoms with Crippen molar-refractivity contribution in [3.63, 3.8) is 0 Å². The Morgan fingerprint density at radius 3 is 2.54 bits per heavy atom. The van der Waals surface area contributed by atoms with E-state index in [4.69, 9.17) is 5.10 Å². The van der Waals surface area contributed by atoms with Gasteiger partial charge in [0.25, 0.3) is 5.91 Å². The second-order valence-corrected chi connectivity index (χ2v) is 8.27. The Hall–Kier alpha value is -2.44. The maximum atomic E-state index is 13.4. The fourth-order valence-corrected chi connectivity index (χ4v) is 4.42. The Kier molecular flexibility index (Phi) is 5.33. The standard InChI is InChI=1S/C22H26N4OS/c1-4-24-9-11-25(12-10-24)22(27)20-15-18(21-6-5-13-28-21)23-26(20)19-8-7-16(2)14-17(19)3/h5-8,13-15H,4,9-12H2,1-3H3. The first-order valence-corrected chi connectivity index (χ1v) is 10.7. The van der Waals surface area contributed by atoms with E-state index in [0.29, 0.717) is 5.69 Å². The number of aromatic nitrogens is 2. The zero-order chi connectivity index (χ0) is 19.7. The first-order chi connectivity index (χ1) is 13.6. The third kappa shape index (κ3) is 3.62. The van der Waals surface area contributed by atoms with Crippen molar-refractivity contribution < 1.29 is 4.79 Å². The van der Waals surface area contributed by atoms with Gasteiger partial charge < -0.3 is 9.80 Å². The van der Waals surface area contributed by atoms with Gasteiger partial charge in [0.15, 0.2) is 0 Å². The molecule has 2 aromatic heterocycles. The SMILES string of the molecule is CCN1CCN(C(=O)c2cc(-c3cccs3)nn2-c2ccc(C)cc2C)CC1. The van der Waals surface area contributed by atoms with Crippen LogP contribution in [0.2, 0.25) is 0 Å². The largest absolute Gasteiger partial charge is 0.335 e. The molecule has 4 rings (SSSR count). The molecule has 3 aromatic rings. The van der Waals surface area contributed by atoms with Crippen molar-refractivity contribution in [2.24, 2.45) is 0 Å². The second-order valence-electron chi connectivity index (χ2n) is 7.32. The van der Waals surface area contributed by atoms with Gasteiger partial charge in [-0.1, -0.05) is 30.7 Å². The van der Waals surface area contributed by atoms with Crippen LogP contribution in [0.5, 0.6) is 0 Å². The lowest BCUT2D eigenvalue weighted by Crippen LogP contribution is -2.48. The summed E-state index contributed by atoms with van der Waals surface area (Å²) >= 11 is 1.64. The molecule has 6 heteroatoms. The Labute approximate surface area is 170 Å². The molecule has 0 N–H and O–H groups in total. The zero-order valence-electron chi connectivity index (χ0n) is 16.7. The number of piperazine rings is 1. The van der Waals surface area contributed by atoms with Gasteiger partial charge in [-0.3, -0.25) is 4.79 Å². The minimum absolute atomic E-state index is 0.0611. The lowest BCUT2D eigenvalue weighted by Gasteiger charge is -2.34. The Morgan fingerprint density at radius 1 is 1.11 bits per heavy atom. The van der Waals surface area contributed by atoms with Crippen molar-refractivity contribution in [3.8, 4) is 16.3 Å². The molecule has 28 heavy (non-hydrogen) atoms. The molecule has 0 spiro atoms. The van der Waals surface area contributed by atoms with E-state index in [1.54, 1.807) is 11.3 Å². The second kappa shape index (κ2) is 7.89. The third-order valence-corrected chi connectivity index (χ3v) is 6.28. The van der Waals surface area contributed by atoms with Gasteiger partial charge in [-0.25, -0.2) is 4.68 Å². The number of likely N-dealkylation sites (N-methyl/N-ethyl adjacent to an activating group) is 1. The highest BCUT2D eigenvalue weighted by Crippen LogP contribution is 2.27. The molecular weight excluding hydrogens is 368 g/mol. The molecule has 0 aliphatic carbocycles. The van der Waals surface area contributed by atoms with Crippen LogP contribution in [0.15, 0.2) is 41.8 Å². The Balaban J connectivity index is 1.74. The van der Waals surface area contributed by atoms with Crippen LogP contribution >= 0.6 is 11.3 Å². The molecule has 0 unspecified atom stereocenters. The van der Waals surface area contributed by atoms with Gasteiger partial charge in [-0.15, -0.1) is 11.3 Å². The predicted octanol–water partition coefficient (Wildman–Crippen LogP) is 4.00. The molecule has 1 aromatic carbocycles. The fraction of sp³-hybridized carbons (Fsp3) is 0.364. The van der Waals surface area contributed by atoms with E-state index in [1.165, 1.54) is 5.56 Å². The van der Waals surface area contributed by atoms with Crippen LogP contribution in [-0.2, 0) is 0 Å². The van der Waals surface area contributed by atoms with E-state index in [2.05, 4.69) is 43.9 Å². The number of carbonyl (C=O) groups is 1. The predicted molar refractivity (Wildman–Crippen MR) is 114 cm³/mol. The van der Waals surface area contributed by atoms with Gasteiger partial charge in [0.2, 0.25) is 0 Å². The van der Waals surface area contributed by atoms with E-state index in [-0.39, 0.29) is 5.91 Å². The molecule has 0 saturated carbocycles. The molecule has 0 bridgehead atoms. The smallest absolute Gasteiger partial charge is 0.272 e. The number of thiophene rings is 1. The number of aryl methyl sites for hydroxylation is 2. The summed E-state index contributed by atoms with van der Waals surface area (Å²) in [4.78, 5) is 18.8. The minimum atomic E-state index is 0.0611. The summed E-state index contributed by atoms with van der Waals surface area (Å²) in [6.07, 6.45) is 0. The summed E-state index contributed by atoms with van der Waals surface area (Å²) in [5.74, 6) is 0.0611. The maximum Gasteiger partial charge on any atom is 0.272 e. The van der Waals surface area contributed by atoms with Gasteiger partial charge in [-0.2, -0.15) is 5.10 Å². The Bertz CT molecular complexity index is 969. The van der Waals surface area contributed by atoms with E-state index in [0.717, 1.165) is 54.5 Å². The number of benzene rings is 1. The Morgan fingerprint density at radius 2 is 1.89 bits per heavy atom. The summed E-state index contributed by atoms with van der Waals surface area (Å²) < 4.78 is 1.83. The summed E-state index contributed by atoms with van der Waals surface area (Å²) in [7, 11) is 0. The van der Waals surface area contributed by atoms with Crippen LogP contribution in [0.3, 0.4) is 0 Å². The number of hydrogen-bond acceptors (Lipinski definition) is 4. The highest BCUT2D eigenvalue weighted by molar-refractivity contribution is 7.13. The number of nitrogens with zero attached hydrogens (tertiary/aromatic N) is 4. The summed E-state index contributed by atoms with van der Waals surface area (Å²) in [5.41, 5.74) is 4.77. The molecule has 0 radical (unpaired) electrons. The number of carbonyl (C=O) groups excluding carboxylic acids is 1. The average Bonchev–Trinajstić information content (AvgIpc) is 3.37. The van der Waals surface area contributed by atoms with Gasteiger partial charge in [0.1, 0.15) is 11.4 Å². The van der Waals surface area contributed by atoms with Crippen molar-refractivity contribution in [1.82, 2.24) is 19.6 Å². The van der Waals surface area contributed by atoms with E-state index in [9.17, 15) is 4.79 Å². The number of rotatable bonds is 4. The van der Waals surface area contributed by atoms with Crippen LogP contribution in [-0.4, -0.2) is 58.2 Å². The molecule has 1 fully saturated rings. The number of hydrogen-bond donors (Lipinski definition) is 0. The zero-order valence-corrected chi connectivity index (χ0v) is 17.5. The van der Waals surface area contributed by atoms with Gasteiger partial charge in [0, 0.05) is 26.2 Å². The van der Waals surface area contributed by atoms with E-state index >= 15 is 0 Å². The molecular formula is C22H26N4OS. The highest BCUT2D eigenvalue weighted by Gasteiger charge is 2.26. The molecule has 5 nitrogen and oxygen atoms in total. The summed E-state index contributed by atoms with van der Waals surface area (Å²) in [6.45, 7) is 10.7. The summed E-state index contributed by atoms with van der Waals surface area (Å²) in [5, 5.41) is 6.87. The maximum absolute atomic E-state index is 13.4. The van der Waals surface area contributed by atoms with Crippen LogP contribution in [0.25, 0.3) is 16.3 Å². The fourth-order valence-electron chi connectivity index (χ4n) is 3.73. The van der Waals surface area contributed by atoms with Crippen LogP contribution in [0, 0.1) is 13.8 Å². The van der Waals surface area contributed by atoms with Crippen molar-refractivity contribution in [1.29, 1.82) is 0 Å².